The van der Waals surface area contributed by atoms with Gasteiger partial charge in [-0.25, -0.2) is 4.68 Å². The molecule has 2 aromatic carbocycles. The Morgan fingerprint density at radius 2 is 1.50 bits per heavy atom. The van der Waals surface area contributed by atoms with Crippen molar-refractivity contribution in [2.45, 2.75) is 6.54 Å². The first kappa shape index (κ1) is 14.8. The first-order valence-corrected chi connectivity index (χ1v) is 8.18. The molecule has 0 unspecified atom stereocenters. The molecular formula is C18H12BrN3O2. The minimum Gasteiger partial charge on any atom is -0.269 e. The van der Waals surface area contributed by atoms with Gasteiger partial charge in [-0.15, -0.1) is 0 Å². The molecule has 118 valence electrons. The van der Waals surface area contributed by atoms with Crippen LogP contribution in [0.3, 0.4) is 0 Å². The Bertz CT molecular complexity index is 912. The minimum atomic E-state index is -0.270. The van der Waals surface area contributed by atoms with E-state index < -0.39 is 0 Å². The van der Waals surface area contributed by atoms with E-state index in [2.05, 4.69) is 21.0 Å². The topological polar surface area (TPSA) is 55.2 Å². The van der Waals surface area contributed by atoms with Crippen molar-refractivity contribution >= 4 is 27.7 Å². The number of carbonyl (C=O) groups excluding carboxylic acids is 2. The second-order valence-corrected chi connectivity index (χ2v) is 6.39. The molecule has 0 N–H and O–H groups in total. The van der Waals surface area contributed by atoms with E-state index in [1.807, 2.05) is 36.5 Å². The highest BCUT2D eigenvalue weighted by Gasteiger charge is 2.35. The van der Waals surface area contributed by atoms with E-state index >= 15 is 0 Å². The largest absolute Gasteiger partial charge is 0.269 e. The number of amides is 2. The second-order valence-electron chi connectivity index (χ2n) is 5.47. The van der Waals surface area contributed by atoms with Crippen LogP contribution in [0.4, 0.5) is 0 Å². The van der Waals surface area contributed by atoms with Gasteiger partial charge in [-0.1, -0.05) is 28.1 Å². The molecule has 0 spiro atoms. The van der Waals surface area contributed by atoms with Crippen LogP contribution in [0.25, 0.3) is 5.69 Å². The van der Waals surface area contributed by atoms with Crippen molar-refractivity contribution in [1.29, 1.82) is 0 Å². The Labute approximate surface area is 146 Å². The fraction of sp³-hybridized carbons (Fsp3) is 0.0556. The summed E-state index contributed by atoms with van der Waals surface area (Å²) in [5, 5.41) is 4.46. The van der Waals surface area contributed by atoms with E-state index in [9.17, 15) is 9.59 Å². The summed E-state index contributed by atoms with van der Waals surface area (Å²) in [5.74, 6) is -0.539. The van der Waals surface area contributed by atoms with Gasteiger partial charge in [0.05, 0.1) is 29.1 Å². The van der Waals surface area contributed by atoms with Crippen molar-refractivity contribution in [2.24, 2.45) is 0 Å². The van der Waals surface area contributed by atoms with Gasteiger partial charge in [0.25, 0.3) is 11.8 Å². The van der Waals surface area contributed by atoms with Crippen molar-refractivity contribution in [3.8, 4) is 5.69 Å². The molecule has 0 aliphatic carbocycles. The number of hydrogen-bond donors (Lipinski definition) is 0. The van der Waals surface area contributed by atoms with Gasteiger partial charge < -0.3 is 0 Å². The maximum Gasteiger partial charge on any atom is 0.261 e. The summed E-state index contributed by atoms with van der Waals surface area (Å²) in [4.78, 5) is 26.0. The predicted molar refractivity (Wildman–Crippen MR) is 91.9 cm³/mol. The van der Waals surface area contributed by atoms with Crippen LogP contribution in [-0.4, -0.2) is 26.5 Å². The third-order valence-corrected chi connectivity index (χ3v) is 4.46. The number of fused-ring (bicyclic) bond motifs is 1. The van der Waals surface area contributed by atoms with Crippen LogP contribution >= 0.6 is 15.9 Å². The molecule has 2 heterocycles. The lowest BCUT2D eigenvalue weighted by molar-refractivity contribution is 0.0640. The Hall–Kier alpha value is -2.73. The summed E-state index contributed by atoms with van der Waals surface area (Å²) < 4.78 is 2.71. The summed E-state index contributed by atoms with van der Waals surface area (Å²) >= 11 is 3.40. The van der Waals surface area contributed by atoms with Gasteiger partial charge in [0, 0.05) is 10.7 Å². The molecule has 6 heteroatoms. The first-order chi connectivity index (χ1) is 11.6. The van der Waals surface area contributed by atoms with Crippen molar-refractivity contribution in [1.82, 2.24) is 14.7 Å². The Balaban J connectivity index is 1.58. The molecule has 1 aliphatic rings. The van der Waals surface area contributed by atoms with Crippen molar-refractivity contribution in [3.05, 3.63) is 82.1 Å². The maximum absolute atomic E-state index is 12.4. The SMILES string of the molecule is O=C1c2ccccc2C(=O)N1Cc1ccn(-c2ccc(Br)cc2)n1. The van der Waals surface area contributed by atoms with E-state index in [1.54, 1.807) is 28.9 Å². The van der Waals surface area contributed by atoms with E-state index in [0.29, 0.717) is 16.8 Å². The maximum atomic E-state index is 12.4. The van der Waals surface area contributed by atoms with E-state index in [-0.39, 0.29) is 18.4 Å². The zero-order valence-corrected chi connectivity index (χ0v) is 14.1. The summed E-state index contributed by atoms with van der Waals surface area (Å²) in [6, 6.07) is 16.4. The molecular weight excluding hydrogens is 370 g/mol. The molecule has 0 bridgehead atoms. The molecule has 3 aromatic rings. The smallest absolute Gasteiger partial charge is 0.261 e. The molecule has 5 nitrogen and oxygen atoms in total. The van der Waals surface area contributed by atoms with Gasteiger partial charge in [-0.05, 0) is 42.5 Å². The number of rotatable bonds is 3. The van der Waals surface area contributed by atoms with Gasteiger partial charge in [0.1, 0.15) is 0 Å². The molecule has 24 heavy (non-hydrogen) atoms. The standard InChI is InChI=1S/C18H12BrN3O2/c19-12-5-7-14(8-6-12)22-10-9-13(20-22)11-21-17(23)15-3-1-2-4-16(15)18(21)24/h1-10H,11H2. The van der Waals surface area contributed by atoms with Crippen molar-refractivity contribution in [2.75, 3.05) is 0 Å². The summed E-state index contributed by atoms with van der Waals surface area (Å²) in [6.45, 7) is 0.163. The lowest BCUT2D eigenvalue weighted by Crippen LogP contribution is -2.29. The third-order valence-electron chi connectivity index (χ3n) is 3.93. The molecule has 0 atom stereocenters. The molecule has 0 saturated carbocycles. The number of imide groups is 1. The Morgan fingerprint density at radius 1 is 0.875 bits per heavy atom. The summed E-state index contributed by atoms with van der Waals surface area (Å²) in [5.41, 5.74) is 2.48. The van der Waals surface area contributed by atoms with Gasteiger partial charge in [-0.3, -0.25) is 14.5 Å². The molecule has 1 aromatic heterocycles. The second kappa shape index (κ2) is 5.72. The lowest BCUT2D eigenvalue weighted by Gasteiger charge is -2.11. The van der Waals surface area contributed by atoms with Gasteiger partial charge >= 0.3 is 0 Å². The van der Waals surface area contributed by atoms with Crippen LogP contribution < -0.4 is 0 Å². The van der Waals surface area contributed by atoms with Crippen molar-refractivity contribution < 1.29 is 9.59 Å². The molecule has 4 rings (SSSR count). The fourth-order valence-corrected chi connectivity index (χ4v) is 2.99. The van der Waals surface area contributed by atoms with E-state index in [1.165, 1.54) is 4.90 Å². The van der Waals surface area contributed by atoms with Crippen LogP contribution in [-0.2, 0) is 6.54 Å². The van der Waals surface area contributed by atoms with Gasteiger partial charge in [-0.2, -0.15) is 5.10 Å². The predicted octanol–water partition coefficient (Wildman–Crippen LogP) is 3.43. The summed E-state index contributed by atoms with van der Waals surface area (Å²) in [7, 11) is 0. The van der Waals surface area contributed by atoms with Crippen LogP contribution in [0.2, 0.25) is 0 Å². The number of benzene rings is 2. The van der Waals surface area contributed by atoms with Crippen LogP contribution in [0.1, 0.15) is 26.4 Å². The lowest BCUT2D eigenvalue weighted by atomic mass is 10.1. The quantitative estimate of drug-likeness (QED) is 0.653. The van der Waals surface area contributed by atoms with E-state index in [4.69, 9.17) is 0 Å². The fourth-order valence-electron chi connectivity index (χ4n) is 2.73. The zero-order chi connectivity index (χ0) is 16.7. The first-order valence-electron chi connectivity index (χ1n) is 7.39. The number of nitrogens with zero attached hydrogens (tertiary/aromatic N) is 3. The average molecular weight is 382 g/mol. The third kappa shape index (κ3) is 2.45. The number of hydrogen-bond acceptors (Lipinski definition) is 3. The minimum absolute atomic E-state index is 0.163. The highest BCUT2D eigenvalue weighted by molar-refractivity contribution is 9.10. The number of carbonyl (C=O) groups is 2. The highest BCUT2D eigenvalue weighted by atomic mass is 79.9. The van der Waals surface area contributed by atoms with Gasteiger partial charge in [0.2, 0.25) is 0 Å². The average Bonchev–Trinajstić information content (AvgIpc) is 3.16. The highest BCUT2D eigenvalue weighted by Crippen LogP contribution is 2.24. The Kier molecular flexibility index (Phi) is 3.54. The molecule has 0 radical (unpaired) electrons. The summed E-state index contributed by atoms with van der Waals surface area (Å²) in [6.07, 6.45) is 1.82. The number of aromatic nitrogens is 2. The number of halogens is 1. The monoisotopic (exact) mass is 381 g/mol. The molecule has 0 saturated heterocycles. The van der Waals surface area contributed by atoms with Crippen LogP contribution in [0.15, 0.2) is 65.3 Å². The van der Waals surface area contributed by atoms with Crippen LogP contribution in [0.5, 0.6) is 0 Å². The Morgan fingerprint density at radius 3 is 2.12 bits per heavy atom. The zero-order valence-electron chi connectivity index (χ0n) is 12.5. The van der Waals surface area contributed by atoms with Crippen LogP contribution in [0, 0.1) is 0 Å². The normalized spacial score (nSPS) is 13.5. The van der Waals surface area contributed by atoms with Gasteiger partial charge in [0.15, 0.2) is 0 Å². The van der Waals surface area contributed by atoms with E-state index in [0.717, 1.165) is 10.2 Å². The molecule has 0 fully saturated rings. The molecule has 2 amide bonds. The van der Waals surface area contributed by atoms with Crippen molar-refractivity contribution in [3.63, 3.8) is 0 Å². The molecule has 1 aliphatic heterocycles.